The number of aryl methyl sites for hydroxylation is 2. The Balaban J connectivity index is 1.09. The summed E-state index contributed by atoms with van der Waals surface area (Å²) in [6, 6.07) is 0.256. The first-order chi connectivity index (χ1) is 21.9. The number of aliphatic carboxylic acids is 1. The molecule has 6 rings (SSSR count). The highest BCUT2D eigenvalue weighted by Gasteiger charge is 2.51. The van der Waals surface area contributed by atoms with Crippen molar-refractivity contribution in [2.75, 3.05) is 25.4 Å². The number of nitrogens with zero attached hydrogens (tertiary/aromatic N) is 3. The van der Waals surface area contributed by atoms with E-state index in [1.54, 1.807) is 16.3 Å². The zero-order chi connectivity index (χ0) is 32.7. The molecule has 1 aromatic rings. The number of likely N-dealkylation sites (tertiary alicyclic amines) is 1. The molecule has 8 unspecified atom stereocenters. The first-order valence-corrected chi connectivity index (χ1v) is 18.3. The monoisotopic (exact) mass is 690 g/mol. The van der Waals surface area contributed by atoms with E-state index in [4.69, 9.17) is 21.3 Å². The Kier molecular flexibility index (Phi) is 10.7. The van der Waals surface area contributed by atoms with Gasteiger partial charge in [0.25, 0.3) is 5.56 Å². The van der Waals surface area contributed by atoms with Crippen molar-refractivity contribution in [3.63, 3.8) is 0 Å². The lowest BCUT2D eigenvalue weighted by molar-refractivity contribution is -0.346. The maximum absolute atomic E-state index is 13.8. The standard InChI is InChI=1S/C32H46ClF3N4O5S/c1-17-13-23(29-28(37-17)25(16-46-29)31(42)43)22-14-19(33)3-6-27(22)44-12-11-40-18(2)38-26-5-4-20(15-24(26)30(40)41)39-9-7-21(8-10-39)45-32(34,35)36/h17,19-23,25,27-29,37H,3-16H2,1-2H3,(H,42,43)/t17?,19?,20-,22?,23?,25?,27?,28?,29?/m1/s1. The Morgan fingerprint density at radius 1 is 1.15 bits per heavy atom. The molecule has 4 fully saturated rings. The van der Waals surface area contributed by atoms with Crippen molar-refractivity contribution < 1.29 is 32.5 Å². The summed E-state index contributed by atoms with van der Waals surface area (Å²) in [7, 11) is 0. The number of hydrogen-bond donors (Lipinski definition) is 2. The third-order valence-corrected chi connectivity index (χ3v) is 13.0. The van der Waals surface area contributed by atoms with Crippen molar-refractivity contribution in [1.82, 2.24) is 19.8 Å². The summed E-state index contributed by atoms with van der Waals surface area (Å²) in [6.07, 6.45) is 0.734. The molecular weight excluding hydrogens is 645 g/mol. The fourth-order valence-electron chi connectivity index (χ4n) is 8.84. The van der Waals surface area contributed by atoms with Gasteiger partial charge in [0, 0.05) is 53.2 Å². The van der Waals surface area contributed by atoms with Crippen LogP contribution in [0.3, 0.4) is 0 Å². The average Bonchev–Trinajstić information content (AvgIpc) is 3.43. The number of hydrogen-bond acceptors (Lipinski definition) is 8. The molecule has 9 atom stereocenters. The zero-order valence-electron chi connectivity index (χ0n) is 26.5. The fourth-order valence-corrected chi connectivity index (χ4v) is 11.0. The number of piperidine rings is 2. The van der Waals surface area contributed by atoms with Crippen molar-refractivity contribution >= 4 is 29.3 Å². The average molecular weight is 691 g/mol. The molecule has 2 aliphatic carbocycles. The van der Waals surface area contributed by atoms with E-state index in [9.17, 15) is 27.9 Å². The van der Waals surface area contributed by atoms with Crippen LogP contribution in [0.1, 0.15) is 69.0 Å². The maximum atomic E-state index is 13.8. The first-order valence-electron chi connectivity index (χ1n) is 16.8. The van der Waals surface area contributed by atoms with Gasteiger partial charge in [-0.15, -0.1) is 24.8 Å². The minimum atomic E-state index is -4.62. The van der Waals surface area contributed by atoms with Crippen LogP contribution in [-0.2, 0) is 33.7 Å². The second-order valence-electron chi connectivity index (χ2n) is 14.0. The number of aromatic nitrogens is 2. The number of fused-ring (bicyclic) bond motifs is 2. The molecule has 1 aromatic heterocycles. The van der Waals surface area contributed by atoms with E-state index in [0.717, 1.165) is 37.8 Å². The van der Waals surface area contributed by atoms with Gasteiger partial charge in [0.1, 0.15) is 5.82 Å². The summed E-state index contributed by atoms with van der Waals surface area (Å²) in [5.74, 6) is 0.671. The van der Waals surface area contributed by atoms with Gasteiger partial charge < -0.3 is 15.2 Å². The Hall–Kier alpha value is -1.38. The van der Waals surface area contributed by atoms with Gasteiger partial charge in [-0.05, 0) is 83.5 Å². The molecule has 14 heteroatoms. The summed E-state index contributed by atoms with van der Waals surface area (Å²) in [5, 5.41) is 13.7. The quantitative estimate of drug-likeness (QED) is 0.385. The topological polar surface area (TPSA) is 106 Å². The SMILES string of the molecule is Cc1nc2c(c(=O)n1CCOC1CCC(Cl)CC1C1CC(C)NC3C(C(=O)O)CSC13)C[C@H](N1CCC(OC(F)(F)F)CC1)CC2. The normalized spacial score (nSPS) is 35.9. The van der Waals surface area contributed by atoms with Gasteiger partial charge in [-0.1, -0.05) is 0 Å². The predicted octanol–water partition coefficient (Wildman–Crippen LogP) is 4.39. The summed E-state index contributed by atoms with van der Waals surface area (Å²) in [4.78, 5) is 32.8. The summed E-state index contributed by atoms with van der Waals surface area (Å²) < 4.78 is 50.5. The van der Waals surface area contributed by atoms with Gasteiger partial charge in [-0.2, -0.15) is 11.8 Å². The molecule has 1 saturated carbocycles. The molecular formula is C32H46ClF3N4O5S. The number of carboxylic acid groups (broad SMARTS) is 1. The van der Waals surface area contributed by atoms with E-state index < -0.39 is 24.4 Å². The van der Waals surface area contributed by atoms with Crippen LogP contribution in [-0.4, -0.2) is 98.3 Å². The Morgan fingerprint density at radius 2 is 1.91 bits per heavy atom. The Labute approximate surface area is 277 Å². The number of ether oxygens (including phenoxy) is 2. The Bertz CT molecular complexity index is 1310. The van der Waals surface area contributed by atoms with Crippen LogP contribution in [0.5, 0.6) is 0 Å². The highest BCUT2D eigenvalue weighted by molar-refractivity contribution is 8.00. The van der Waals surface area contributed by atoms with Gasteiger partial charge in [0.05, 0.1) is 37.0 Å². The van der Waals surface area contributed by atoms with Gasteiger partial charge in [0.15, 0.2) is 0 Å². The molecule has 3 saturated heterocycles. The molecule has 9 nitrogen and oxygen atoms in total. The van der Waals surface area contributed by atoms with E-state index in [-0.39, 0.29) is 46.3 Å². The van der Waals surface area contributed by atoms with Crippen molar-refractivity contribution in [3.8, 4) is 0 Å². The largest absolute Gasteiger partial charge is 0.522 e. The van der Waals surface area contributed by atoms with Crippen LogP contribution in [0.4, 0.5) is 13.2 Å². The molecule has 46 heavy (non-hydrogen) atoms. The van der Waals surface area contributed by atoms with Crippen molar-refractivity contribution in [2.45, 2.75) is 126 Å². The molecule has 0 bridgehead atoms. The fraction of sp³-hybridized carbons (Fsp3) is 0.844. The van der Waals surface area contributed by atoms with Gasteiger partial charge in [-0.25, -0.2) is 4.98 Å². The minimum Gasteiger partial charge on any atom is -0.481 e. The lowest BCUT2D eigenvalue weighted by Gasteiger charge is -2.47. The second-order valence-corrected chi connectivity index (χ2v) is 15.8. The molecule has 3 aliphatic heterocycles. The predicted molar refractivity (Wildman–Crippen MR) is 169 cm³/mol. The number of halogens is 4. The number of carbonyl (C=O) groups is 1. The van der Waals surface area contributed by atoms with Crippen molar-refractivity contribution in [1.29, 1.82) is 0 Å². The summed E-state index contributed by atoms with van der Waals surface area (Å²) in [6.45, 7) is 5.77. The lowest BCUT2D eigenvalue weighted by Crippen LogP contribution is -2.57. The van der Waals surface area contributed by atoms with E-state index in [0.29, 0.717) is 75.0 Å². The zero-order valence-corrected chi connectivity index (χ0v) is 28.1. The van der Waals surface area contributed by atoms with Gasteiger partial charge in [0.2, 0.25) is 0 Å². The third kappa shape index (κ3) is 7.59. The van der Waals surface area contributed by atoms with Gasteiger partial charge in [-0.3, -0.25) is 23.8 Å². The number of carboxylic acids is 1. The molecule has 258 valence electrons. The van der Waals surface area contributed by atoms with E-state index in [1.165, 1.54) is 0 Å². The molecule has 0 spiro atoms. The van der Waals surface area contributed by atoms with Crippen molar-refractivity contribution in [2.24, 2.45) is 17.8 Å². The highest BCUT2D eigenvalue weighted by atomic mass is 35.5. The van der Waals surface area contributed by atoms with Crippen LogP contribution < -0.4 is 10.9 Å². The van der Waals surface area contributed by atoms with Crippen LogP contribution >= 0.6 is 23.4 Å². The van der Waals surface area contributed by atoms with Crippen LogP contribution in [0.25, 0.3) is 0 Å². The van der Waals surface area contributed by atoms with Crippen molar-refractivity contribution in [3.05, 3.63) is 27.4 Å². The second kappa shape index (κ2) is 14.2. The smallest absolute Gasteiger partial charge is 0.481 e. The minimum absolute atomic E-state index is 0.00865. The van der Waals surface area contributed by atoms with Crippen LogP contribution in [0.2, 0.25) is 0 Å². The molecule has 4 heterocycles. The number of alkyl halides is 4. The third-order valence-electron chi connectivity index (χ3n) is 11.1. The number of rotatable bonds is 8. The number of nitrogens with one attached hydrogen (secondary N) is 1. The molecule has 5 aliphatic rings. The summed E-state index contributed by atoms with van der Waals surface area (Å²) >= 11 is 8.48. The first kappa shape index (κ1) is 34.5. The lowest BCUT2D eigenvalue weighted by atomic mass is 9.70. The Morgan fingerprint density at radius 3 is 2.63 bits per heavy atom. The van der Waals surface area contributed by atoms with Crippen LogP contribution in [0, 0.1) is 24.7 Å². The van der Waals surface area contributed by atoms with Crippen LogP contribution in [0.15, 0.2) is 4.79 Å². The highest BCUT2D eigenvalue weighted by Crippen LogP contribution is 2.48. The van der Waals surface area contributed by atoms with E-state index in [2.05, 4.69) is 21.9 Å². The molecule has 0 radical (unpaired) electrons. The molecule has 0 amide bonds. The summed E-state index contributed by atoms with van der Waals surface area (Å²) in [5.41, 5.74) is 1.48. The maximum Gasteiger partial charge on any atom is 0.522 e. The van der Waals surface area contributed by atoms with Gasteiger partial charge >= 0.3 is 12.3 Å². The number of thioether (sulfide) groups is 1. The molecule has 0 aromatic carbocycles. The van der Waals surface area contributed by atoms with E-state index >= 15 is 0 Å². The van der Waals surface area contributed by atoms with E-state index in [1.807, 2.05) is 6.92 Å². The molecule has 2 N–H and O–H groups in total.